The fourth-order valence-corrected chi connectivity index (χ4v) is 1.82. The number of hydrogen-bond donors (Lipinski definition) is 0. The number of nitrogens with zero attached hydrogens (tertiary/aromatic N) is 3. The molecular formula is C13H10ClN3O2. The average molecular weight is 276 g/mol. The third-order valence-corrected chi connectivity index (χ3v) is 3.14. The second-order valence-corrected chi connectivity index (χ2v) is 4.41. The van der Waals surface area contributed by atoms with Crippen LogP contribution in [0.25, 0.3) is 5.69 Å². The fourth-order valence-electron chi connectivity index (χ4n) is 1.64. The van der Waals surface area contributed by atoms with Gasteiger partial charge in [-0.1, -0.05) is 17.7 Å². The van der Waals surface area contributed by atoms with Crippen LogP contribution in [0.15, 0.2) is 40.2 Å². The number of rotatable bonds is 2. The van der Waals surface area contributed by atoms with Crippen molar-refractivity contribution in [3.05, 3.63) is 61.9 Å². The van der Waals surface area contributed by atoms with E-state index in [4.69, 9.17) is 16.9 Å². The van der Waals surface area contributed by atoms with Crippen LogP contribution in [0, 0.1) is 18.3 Å². The van der Waals surface area contributed by atoms with Crippen LogP contribution >= 0.6 is 11.6 Å². The number of halogens is 1. The molecule has 0 unspecified atom stereocenters. The number of nitriles is 1. The Balaban J connectivity index is 2.62. The Bertz CT molecular complexity index is 784. The second-order valence-electron chi connectivity index (χ2n) is 4.00. The third-order valence-electron chi connectivity index (χ3n) is 2.73. The van der Waals surface area contributed by atoms with Crippen molar-refractivity contribution >= 4 is 11.6 Å². The van der Waals surface area contributed by atoms with E-state index in [-0.39, 0.29) is 6.54 Å². The van der Waals surface area contributed by atoms with E-state index in [0.29, 0.717) is 10.7 Å². The van der Waals surface area contributed by atoms with E-state index in [0.717, 1.165) is 10.1 Å². The molecule has 1 heterocycles. The van der Waals surface area contributed by atoms with Crippen molar-refractivity contribution < 1.29 is 0 Å². The highest BCUT2D eigenvalue weighted by Gasteiger charge is 2.07. The highest BCUT2D eigenvalue weighted by atomic mass is 35.5. The monoisotopic (exact) mass is 275 g/mol. The van der Waals surface area contributed by atoms with E-state index in [9.17, 15) is 9.59 Å². The van der Waals surface area contributed by atoms with Gasteiger partial charge >= 0.3 is 11.1 Å². The van der Waals surface area contributed by atoms with Gasteiger partial charge in [0.25, 0.3) is 0 Å². The van der Waals surface area contributed by atoms with Crippen molar-refractivity contribution in [1.29, 1.82) is 5.26 Å². The van der Waals surface area contributed by atoms with Crippen LogP contribution < -0.4 is 11.1 Å². The lowest BCUT2D eigenvalue weighted by Gasteiger charge is -2.08. The SMILES string of the molecule is Cc1ccc(-n2ccn(CC#N)c(=O)c2=O)cc1Cl. The van der Waals surface area contributed by atoms with E-state index >= 15 is 0 Å². The first-order chi connectivity index (χ1) is 9.04. The van der Waals surface area contributed by atoms with Crippen molar-refractivity contribution in [2.75, 3.05) is 0 Å². The van der Waals surface area contributed by atoms with Crippen LogP contribution in [-0.4, -0.2) is 9.13 Å². The van der Waals surface area contributed by atoms with Gasteiger partial charge in [-0.15, -0.1) is 0 Å². The third kappa shape index (κ3) is 2.44. The summed E-state index contributed by atoms with van der Waals surface area (Å²) in [5.74, 6) is 0. The van der Waals surface area contributed by atoms with Crippen LogP contribution in [0.3, 0.4) is 0 Å². The molecule has 0 radical (unpaired) electrons. The molecule has 0 fully saturated rings. The van der Waals surface area contributed by atoms with Crippen molar-refractivity contribution in [2.24, 2.45) is 0 Å². The Labute approximate surface area is 113 Å². The zero-order valence-electron chi connectivity index (χ0n) is 10.1. The topological polar surface area (TPSA) is 67.8 Å². The van der Waals surface area contributed by atoms with Crippen molar-refractivity contribution in [1.82, 2.24) is 9.13 Å². The van der Waals surface area contributed by atoms with Crippen molar-refractivity contribution in [2.45, 2.75) is 13.5 Å². The molecule has 19 heavy (non-hydrogen) atoms. The molecule has 6 heteroatoms. The van der Waals surface area contributed by atoms with Gasteiger partial charge in [0.15, 0.2) is 0 Å². The Morgan fingerprint density at radius 2 is 2.00 bits per heavy atom. The highest BCUT2D eigenvalue weighted by Crippen LogP contribution is 2.18. The van der Waals surface area contributed by atoms with E-state index in [1.807, 2.05) is 13.0 Å². The molecule has 5 nitrogen and oxygen atoms in total. The Kier molecular flexibility index (Phi) is 3.54. The normalized spacial score (nSPS) is 10.2. The first kappa shape index (κ1) is 13.1. The summed E-state index contributed by atoms with van der Waals surface area (Å²) in [5.41, 5.74) is -0.0449. The molecular weight excluding hydrogens is 266 g/mol. The van der Waals surface area contributed by atoms with Crippen LogP contribution in [0.1, 0.15) is 5.56 Å². The maximum Gasteiger partial charge on any atom is 0.321 e. The maximum atomic E-state index is 11.9. The van der Waals surface area contributed by atoms with Gasteiger partial charge < -0.3 is 0 Å². The van der Waals surface area contributed by atoms with Gasteiger partial charge in [-0.05, 0) is 24.6 Å². The van der Waals surface area contributed by atoms with Crippen molar-refractivity contribution in [3.63, 3.8) is 0 Å². The second kappa shape index (κ2) is 5.12. The number of hydrogen-bond acceptors (Lipinski definition) is 3. The molecule has 96 valence electrons. The first-order valence-electron chi connectivity index (χ1n) is 5.50. The lowest BCUT2D eigenvalue weighted by atomic mass is 10.2. The Hall–Kier alpha value is -2.32. The molecule has 0 saturated carbocycles. The minimum Gasteiger partial charge on any atom is -0.295 e. The molecule has 2 aromatic rings. The predicted octanol–water partition coefficient (Wildman–Crippen LogP) is 1.48. The van der Waals surface area contributed by atoms with E-state index in [1.165, 1.54) is 17.0 Å². The molecule has 1 aromatic carbocycles. The molecule has 0 amide bonds. The highest BCUT2D eigenvalue weighted by molar-refractivity contribution is 6.31. The van der Waals surface area contributed by atoms with Gasteiger partial charge in [-0.2, -0.15) is 5.26 Å². The summed E-state index contributed by atoms with van der Waals surface area (Å²) >= 11 is 6.00. The summed E-state index contributed by atoms with van der Waals surface area (Å²) in [7, 11) is 0. The lowest BCUT2D eigenvalue weighted by Crippen LogP contribution is -2.39. The van der Waals surface area contributed by atoms with Gasteiger partial charge in [0.2, 0.25) is 0 Å². The van der Waals surface area contributed by atoms with Crippen molar-refractivity contribution in [3.8, 4) is 11.8 Å². The Morgan fingerprint density at radius 1 is 1.26 bits per heavy atom. The smallest absolute Gasteiger partial charge is 0.295 e. The molecule has 2 rings (SSSR count). The van der Waals surface area contributed by atoms with Gasteiger partial charge in [-0.25, -0.2) is 0 Å². The molecule has 0 atom stereocenters. The van der Waals surface area contributed by atoms with E-state index < -0.39 is 11.1 Å². The van der Waals surface area contributed by atoms with E-state index in [1.54, 1.807) is 18.2 Å². The summed E-state index contributed by atoms with van der Waals surface area (Å²) in [4.78, 5) is 23.7. The number of aromatic nitrogens is 2. The molecule has 1 aromatic heterocycles. The summed E-state index contributed by atoms with van der Waals surface area (Å²) in [6.07, 6.45) is 2.85. The number of benzene rings is 1. The largest absolute Gasteiger partial charge is 0.321 e. The summed E-state index contributed by atoms with van der Waals surface area (Å²) < 4.78 is 2.27. The summed E-state index contributed by atoms with van der Waals surface area (Å²) in [6.45, 7) is 1.70. The lowest BCUT2D eigenvalue weighted by molar-refractivity contribution is 0.739. The zero-order valence-corrected chi connectivity index (χ0v) is 10.9. The van der Waals surface area contributed by atoms with Gasteiger partial charge in [0.1, 0.15) is 6.54 Å². The van der Waals surface area contributed by atoms with Gasteiger partial charge in [0, 0.05) is 17.4 Å². The summed E-state index contributed by atoms with van der Waals surface area (Å²) in [6, 6.07) is 6.91. The molecule has 0 spiro atoms. The molecule has 0 saturated heterocycles. The van der Waals surface area contributed by atoms with Gasteiger partial charge in [-0.3, -0.25) is 18.7 Å². The quantitative estimate of drug-likeness (QED) is 0.780. The van der Waals surface area contributed by atoms with Crippen LogP contribution in [0.5, 0.6) is 0 Å². The first-order valence-corrected chi connectivity index (χ1v) is 5.88. The predicted molar refractivity (Wildman–Crippen MR) is 71.7 cm³/mol. The number of aryl methyl sites for hydroxylation is 1. The minimum atomic E-state index is -0.735. The molecule has 0 aliphatic heterocycles. The average Bonchev–Trinajstić information content (AvgIpc) is 2.39. The van der Waals surface area contributed by atoms with E-state index in [2.05, 4.69) is 0 Å². The maximum absolute atomic E-state index is 11.9. The molecule has 0 aliphatic carbocycles. The van der Waals surface area contributed by atoms with Crippen LogP contribution in [0.4, 0.5) is 0 Å². The van der Waals surface area contributed by atoms with Crippen LogP contribution in [0.2, 0.25) is 5.02 Å². The standard InChI is InChI=1S/C13H10ClN3O2/c1-9-2-3-10(8-11(9)14)17-7-6-16(5-4-15)12(18)13(17)19/h2-3,6-8H,5H2,1H3. The zero-order chi connectivity index (χ0) is 14.0. The molecule has 0 N–H and O–H groups in total. The minimum absolute atomic E-state index is 0.149. The summed E-state index contributed by atoms with van der Waals surface area (Å²) in [5, 5.41) is 9.07. The molecule has 0 bridgehead atoms. The fraction of sp³-hybridized carbons (Fsp3) is 0.154. The molecule has 0 aliphatic rings. The van der Waals surface area contributed by atoms with Crippen LogP contribution in [-0.2, 0) is 6.54 Å². The Morgan fingerprint density at radius 3 is 2.63 bits per heavy atom. The van der Waals surface area contributed by atoms with Gasteiger partial charge in [0.05, 0.1) is 11.8 Å².